The predicted molar refractivity (Wildman–Crippen MR) is 123 cm³/mol. The van der Waals surface area contributed by atoms with Gasteiger partial charge in [-0.3, -0.25) is 0 Å². The van der Waals surface area contributed by atoms with E-state index in [1.54, 1.807) is 47.4 Å². The van der Waals surface area contributed by atoms with E-state index in [-0.39, 0.29) is 5.57 Å². The molecule has 3 rings (SSSR count). The molecule has 0 saturated heterocycles. The Hall–Kier alpha value is -3.26. The van der Waals surface area contributed by atoms with Gasteiger partial charge in [0, 0.05) is 22.2 Å². The lowest BCUT2D eigenvalue weighted by Crippen LogP contribution is -2.23. The summed E-state index contributed by atoms with van der Waals surface area (Å²) in [5, 5.41) is 10.8. The van der Waals surface area contributed by atoms with E-state index in [4.69, 9.17) is 28.9 Å². The van der Waals surface area contributed by atoms with Gasteiger partial charge < -0.3 is 10.6 Å². The number of benzene rings is 3. The molecule has 0 unspecified atom stereocenters. The SMILES string of the molecule is C=C(C(C#N)=Cc1ccccc1F)N(Cc1ccc(Cl)cc1Cl)c1ccccc1N. The van der Waals surface area contributed by atoms with Crippen LogP contribution in [0.2, 0.25) is 10.0 Å². The van der Waals surface area contributed by atoms with Crippen LogP contribution in [0.3, 0.4) is 0 Å². The maximum absolute atomic E-state index is 14.1. The molecule has 3 aromatic rings. The number of nitrogen functional groups attached to an aromatic ring is 1. The van der Waals surface area contributed by atoms with E-state index >= 15 is 0 Å². The van der Waals surface area contributed by atoms with Gasteiger partial charge >= 0.3 is 0 Å². The number of hydrogen-bond acceptors (Lipinski definition) is 3. The van der Waals surface area contributed by atoms with Crippen LogP contribution in [0.1, 0.15) is 11.1 Å². The lowest BCUT2D eigenvalue weighted by molar-refractivity contribution is 0.625. The Morgan fingerprint density at radius 2 is 1.80 bits per heavy atom. The summed E-state index contributed by atoms with van der Waals surface area (Å²) in [4.78, 5) is 1.78. The van der Waals surface area contributed by atoms with Gasteiger partial charge in [0.25, 0.3) is 0 Å². The first kappa shape index (κ1) is 21.4. The molecule has 0 aromatic heterocycles. The molecule has 0 aliphatic carbocycles. The third-order valence-electron chi connectivity index (χ3n) is 4.53. The van der Waals surface area contributed by atoms with Gasteiger partial charge in [0.1, 0.15) is 11.9 Å². The van der Waals surface area contributed by atoms with Crippen LogP contribution < -0.4 is 10.6 Å². The molecule has 0 aliphatic heterocycles. The molecule has 0 atom stereocenters. The molecule has 0 saturated carbocycles. The Balaban J connectivity index is 2.07. The summed E-state index contributed by atoms with van der Waals surface area (Å²) in [7, 11) is 0. The Morgan fingerprint density at radius 3 is 2.47 bits per heavy atom. The molecule has 0 aliphatic rings. The fraction of sp³-hybridized carbons (Fsp3) is 0.0417. The standard InChI is InChI=1S/C24H18Cl2FN3/c1-16(19(14-28)12-17-6-2-3-7-22(17)27)30(24-9-5-4-8-23(24)29)15-18-10-11-20(25)13-21(18)26/h2-13H,1,15,29H2. The van der Waals surface area contributed by atoms with Gasteiger partial charge in [-0.25, -0.2) is 4.39 Å². The smallest absolute Gasteiger partial charge is 0.130 e. The maximum atomic E-state index is 14.1. The van der Waals surface area contributed by atoms with E-state index in [0.29, 0.717) is 39.2 Å². The molecule has 0 spiro atoms. The van der Waals surface area contributed by atoms with Crippen molar-refractivity contribution in [2.75, 3.05) is 10.6 Å². The van der Waals surface area contributed by atoms with Gasteiger partial charge in [0.05, 0.1) is 22.6 Å². The lowest BCUT2D eigenvalue weighted by atomic mass is 10.1. The molecule has 0 amide bonds. The first-order valence-corrected chi connectivity index (χ1v) is 9.78. The summed E-state index contributed by atoms with van der Waals surface area (Å²) in [5.41, 5.74) is 8.99. The minimum absolute atomic E-state index is 0.202. The third kappa shape index (κ3) is 4.83. The van der Waals surface area contributed by atoms with Crippen LogP contribution in [0.25, 0.3) is 6.08 Å². The third-order valence-corrected chi connectivity index (χ3v) is 5.12. The number of halogens is 3. The Kier molecular flexibility index (Phi) is 6.79. The Morgan fingerprint density at radius 1 is 1.10 bits per heavy atom. The zero-order chi connectivity index (χ0) is 21.7. The Bertz CT molecular complexity index is 1170. The van der Waals surface area contributed by atoms with Gasteiger partial charge in [-0.15, -0.1) is 0 Å². The van der Waals surface area contributed by atoms with Crippen molar-refractivity contribution >= 4 is 40.7 Å². The van der Waals surface area contributed by atoms with E-state index in [9.17, 15) is 9.65 Å². The number of nitrogens with zero attached hydrogens (tertiary/aromatic N) is 2. The van der Waals surface area contributed by atoms with Crippen LogP contribution in [0.15, 0.2) is 84.6 Å². The van der Waals surface area contributed by atoms with E-state index in [2.05, 4.69) is 12.6 Å². The summed E-state index contributed by atoms with van der Waals surface area (Å²) >= 11 is 12.4. The number of nitrogens with two attached hydrogens (primary N) is 1. The molecule has 0 heterocycles. The molecule has 30 heavy (non-hydrogen) atoms. The van der Waals surface area contributed by atoms with Crippen molar-refractivity contribution in [2.24, 2.45) is 0 Å². The number of rotatable bonds is 6. The quantitative estimate of drug-likeness (QED) is 0.260. The molecule has 2 N–H and O–H groups in total. The molecule has 0 fully saturated rings. The highest BCUT2D eigenvalue weighted by Crippen LogP contribution is 2.33. The maximum Gasteiger partial charge on any atom is 0.130 e. The highest BCUT2D eigenvalue weighted by atomic mass is 35.5. The normalized spacial score (nSPS) is 11.1. The minimum Gasteiger partial charge on any atom is -0.397 e. The second-order valence-electron chi connectivity index (χ2n) is 6.52. The number of para-hydroxylation sites is 2. The summed E-state index contributed by atoms with van der Waals surface area (Å²) in [5.74, 6) is -0.426. The fourth-order valence-corrected chi connectivity index (χ4v) is 3.42. The molecule has 6 heteroatoms. The molecule has 150 valence electrons. The number of nitriles is 1. The summed E-state index contributed by atoms with van der Waals surface area (Å²) in [6, 6.07) is 20.8. The van der Waals surface area contributed by atoms with Crippen molar-refractivity contribution in [3.05, 3.63) is 112 Å². The first-order chi connectivity index (χ1) is 14.4. The predicted octanol–water partition coefficient (Wildman–Crippen LogP) is 6.84. The minimum atomic E-state index is -0.426. The number of anilines is 2. The number of allylic oxidation sites excluding steroid dienone is 1. The van der Waals surface area contributed by atoms with Crippen molar-refractivity contribution < 1.29 is 4.39 Å². The van der Waals surface area contributed by atoms with Crippen LogP contribution >= 0.6 is 23.2 Å². The van der Waals surface area contributed by atoms with Crippen LogP contribution in [-0.2, 0) is 6.54 Å². The van der Waals surface area contributed by atoms with Gasteiger partial charge in [0.15, 0.2) is 0 Å². The molecular weight excluding hydrogens is 420 g/mol. The lowest BCUT2D eigenvalue weighted by Gasteiger charge is -2.28. The van der Waals surface area contributed by atoms with Gasteiger partial charge in [-0.2, -0.15) is 5.26 Å². The van der Waals surface area contributed by atoms with Crippen LogP contribution in [0, 0.1) is 17.1 Å². The molecule has 3 nitrogen and oxygen atoms in total. The van der Waals surface area contributed by atoms with Crippen molar-refractivity contribution in [1.29, 1.82) is 5.26 Å². The topological polar surface area (TPSA) is 53.0 Å². The first-order valence-electron chi connectivity index (χ1n) is 9.02. The van der Waals surface area contributed by atoms with E-state index in [1.165, 1.54) is 12.1 Å². The summed E-state index contributed by atoms with van der Waals surface area (Å²) < 4.78 is 14.1. The van der Waals surface area contributed by atoms with Gasteiger partial charge in [-0.1, -0.05) is 66.2 Å². The zero-order valence-electron chi connectivity index (χ0n) is 15.9. The fourth-order valence-electron chi connectivity index (χ4n) is 2.95. The monoisotopic (exact) mass is 437 g/mol. The van der Waals surface area contributed by atoms with E-state index in [1.807, 2.05) is 18.2 Å². The van der Waals surface area contributed by atoms with Crippen LogP contribution in [0.4, 0.5) is 15.8 Å². The highest BCUT2D eigenvalue weighted by molar-refractivity contribution is 6.35. The highest BCUT2D eigenvalue weighted by Gasteiger charge is 2.19. The Labute approximate surface area is 185 Å². The van der Waals surface area contributed by atoms with Gasteiger partial charge in [0.2, 0.25) is 0 Å². The van der Waals surface area contributed by atoms with Crippen LogP contribution in [-0.4, -0.2) is 0 Å². The molecule has 3 aromatic carbocycles. The molecular formula is C24H18Cl2FN3. The summed E-state index contributed by atoms with van der Waals surface area (Å²) in [6.45, 7) is 4.39. The average molecular weight is 438 g/mol. The van der Waals surface area contributed by atoms with Crippen molar-refractivity contribution in [3.63, 3.8) is 0 Å². The van der Waals surface area contributed by atoms with Crippen LogP contribution in [0.5, 0.6) is 0 Å². The second-order valence-corrected chi connectivity index (χ2v) is 7.36. The largest absolute Gasteiger partial charge is 0.397 e. The van der Waals surface area contributed by atoms with Crippen molar-refractivity contribution in [2.45, 2.75) is 6.54 Å². The van der Waals surface area contributed by atoms with Crippen molar-refractivity contribution in [3.8, 4) is 6.07 Å². The second kappa shape index (κ2) is 9.49. The summed E-state index contributed by atoms with van der Waals surface area (Å²) in [6.07, 6.45) is 1.47. The number of hydrogen-bond donors (Lipinski definition) is 1. The van der Waals surface area contributed by atoms with Gasteiger partial charge in [-0.05, 0) is 42.0 Å². The molecule has 0 bridgehead atoms. The van der Waals surface area contributed by atoms with Crippen molar-refractivity contribution in [1.82, 2.24) is 0 Å². The average Bonchev–Trinajstić information content (AvgIpc) is 2.73. The molecule has 0 radical (unpaired) electrons. The van der Waals surface area contributed by atoms with E-state index in [0.717, 1.165) is 5.56 Å². The zero-order valence-corrected chi connectivity index (χ0v) is 17.5. The van der Waals surface area contributed by atoms with E-state index < -0.39 is 5.82 Å².